The smallest absolute Gasteiger partial charge is 0.336 e. The van der Waals surface area contributed by atoms with E-state index in [2.05, 4.69) is 32.8 Å². The van der Waals surface area contributed by atoms with Crippen LogP contribution in [0, 0.1) is 5.92 Å². The summed E-state index contributed by atoms with van der Waals surface area (Å²) in [5, 5.41) is 16.1. The number of fused-ring (bicyclic) bond motifs is 1. The van der Waals surface area contributed by atoms with Crippen LogP contribution in [-0.2, 0) is 14.3 Å². The molecule has 2 atom stereocenters. The second kappa shape index (κ2) is 9.84. The summed E-state index contributed by atoms with van der Waals surface area (Å²) in [5.41, 5.74) is 1.43. The van der Waals surface area contributed by atoms with Gasteiger partial charge in [-0.25, -0.2) is 4.79 Å². The first-order chi connectivity index (χ1) is 15.1. The van der Waals surface area contributed by atoms with E-state index < -0.39 is 0 Å². The van der Waals surface area contributed by atoms with Crippen molar-refractivity contribution in [1.82, 2.24) is 30.4 Å². The predicted molar refractivity (Wildman–Crippen MR) is 119 cm³/mol. The number of thioether (sulfide) groups is 2. The molecule has 2 aliphatic heterocycles. The van der Waals surface area contributed by atoms with Crippen molar-refractivity contribution in [2.75, 3.05) is 32.5 Å². The Hall–Kier alpha value is -2.37. The largest absolute Gasteiger partial charge is 0.463 e. The van der Waals surface area contributed by atoms with Gasteiger partial charge in [-0.3, -0.25) is 4.79 Å². The van der Waals surface area contributed by atoms with Crippen LogP contribution in [0.3, 0.4) is 0 Å². The van der Waals surface area contributed by atoms with Crippen LogP contribution >= 0.6 is 23.5 Å². The Balaban J connectivity index is 1.44. The maximum Gasteiger partial charge on any atom is 0.336 e. The molecule has 0 saturated carbocycles. The third-order valence-electron chi connectivity index (χ3n) is 5.17. The minimum Gasteiger partial charge on any atom is -0.463 e. The number of likely N-dealkylation sites (tertiary alicyclic amines) is 1. The van der Waals surface area contributed by atoms with Gasteiger partial charge in [0.2, 0.25) is 11.1 Å². The molecule has 4 rings (SSSR count). The molecule has 11 heteroatoms. The molecule has 0 radical (unpaired) electrons. The quantitative estimate of drug-likeness (QED) is 0.489. The van der Waals surface area contributed by atoms with Crippen LogP contribution in [0.15, 0.2) is 46.1 Å². The van der Waals surface area contributed by atoms with Gasteiger partial charge in [0, 0.05) is 17.7 Å². The number of hydrogen-bond acceptors (Lipinski definition) is 9. The van der Waals surface area contributed by atoms with E-state index in [-0.39, 0.29) is 28.8 Å². The number of piperidine rings is 1. The highest BCUT2D eigenvalue weighted by molar-refractivity contribution is 8.04. The maximum atomic E-state index is 12.7. The van der Waals surface area contributed by atoms with Gasteiger partial charge < -0.3 is 15.0 Å². The van der Waals surface area contributed by atoms with Gasteiger partial charge in [-0.15, -0.1) is 16.9 Å². The zero-order valence-electron chi connectivity index (χ0n) is 17.4. The first-order valence-corrected chi connectivity index (χ1v) is 12.0. The Morgan fingerprint density at radius 2 is 2.13 bits per heavy atom. The first kappa shape index (κ1) is 21.8. The molecule has 0 spiro atoms. The van der Waals surface area contributed by atoms with E-state index in [1.807, 2.05) is 30.3 Å². The van der Waals surface area contributed by atoms with Crippen LogP contribution in [0.4, 0.5) is 0 Å². The Bertz CT molecular complexity index is 980. The minimum atomic E-state index is -0.331. The van der Waals surface area contributed by atoms with Crippen molar-refractivity contribution in [3.63, 3.8) is 0 Å². The van der Waals surface area contributed by atoms with Gasteiger partial charge in [0.25, 0.3) is 0 Å². The number of tetrazole rings is 1. The molecule has 164 valence electrons. The lowest BCUT2D eigenvalue weighted by molar-refractivity contribution is -0.139. The Morgan fingerprint density at radius 3 is 2.90 bits per heavy atom. The van der Waals surface area contributed by atoms with Crippen molar-refractivity contribution in [2.24, 2.45) is 5.92 Å². The van der Waals surface area contributed by atoms with E-state index >= 15 is 0 Å². The molecule has 2 aliphatic rings. The molecule has 1 N–H and O–H groups in total. The van der Waals surface area contributed by atoms with Gasteiger partial charge >= 0.3 is 5.97 Å². The van der Waals surface area contributed by atoms with Crippen molar-refractivity contribution in [2.45, 2.75) is 23.8 Å². The van der Waals surface area contributed by atoms with E-state index in [4.69, 9.17) is 4.74 Å². The Kier molecular flexibility index (Phi) is 6.93. The predicted octanol–water partition coefficient (Wildman–Crippen LogP) is 1.71. The number of nitrogens with zero attached hydrogens (tertiary/aromatic N) is 5. The summed E-state index contributed by atoms with van der Waals surface area (Å²) < 4.78 is 6.88. The number of para-hydroxylation sites is 1. The molecule has 1 saturated heterocycles. The summed E-state index contributed by atoms with van der Waals surface area (Å²) in [6.07, 6.45) is 0.877. The lowest BCUT2D eigenvalue weighted by Gasteiger charge is -2.32. The van der Waals surface area contributed by atoms with Crippen LogP contribution in [0.2, 0.25) is 0 Å². The van der Waals surface area contributed by atoms with E-state index in [0.717, 1.165) is 25.2 Å². The van der Waals surface area contributed by atoms with Crippen molar-refractivity contribution in [3.05, 3.63) is 40.9 Å². The highest BCUT2D eigenvalue weighted by Crippen LogP contribution is 2.45. The second-order valence-corrected chi connectivity index (χ2v) is 9.51. The lowest BCUT2D eigenvalue weighted by Crippen LogP contribution is -2.39. The highest BCUT2D eigenvalue weighted by Gasteiger charge is 2.42. The minimum absolute atomic E-state index is 0.105. The number of benzene rings is 1. The standard InChI is InChI=1S/C20H24N6O3S2/c1-3-29-19(28)17-14-9-10-25(2)11-15(14)31-18(17)21-16(27)12-30-20-22-23-24-26(20)13-7-5-4-6-8-13/h4-8,14-15H,3,9-12H2,1-2H3,(H,21,27). The topological polar surface area (TPSA) is 102 Å². The number of esters is 1. The number of nitrogens with one attached hydrogen (secondary N) is 1. The fourth-order valence-electron chi connectivity index (χ4n) is 3.75. The molecule has 1 aromatic carbocycles. The zero-order valence-corrected chi connectivity index (χ0v) is 19.0. The van der Waals surface area contributed by atoms with E-state index in [9.17, 15) is 9.59 Å². The fraction of sp³-hybridized carbons (Fsp3) is 0.450. The number of aromatic nitrogens is 4. The summed E-state index contributed by atoms with van der Waals surface area (Å²) in [5.74, 6) is -0.302. The van der Waals surface area contributed by atoms with E-state index in [0.29, 0.717) is 22.4 Å². The summed E-state index contributed by atoms with van der Waals surface area (Å²) in [7, 11) is 2.07. The highest BCUT2D eigenvalue weighted by atomic mass is 32.2. The summed E-state index contributed by atoms with van der Waals surface area (Å²) in [6.45, 7) is 3.89. The fourth-order valence-corrected chi connectivity index (χ4v) is 6.04. The molecular weight excluding hydrogens is 436 g/mol. The lowest BCUT2D eigenvalue weighted by atomic mass is 9.89. The third-order valence-corrected chi connectivity index (χ3v) is 7.43. The van der Waals surface area contributed by atoms with Gasteiger partial charge in [0.1, 0.15) is 0 Å². The van der Waals surface area contributed by atoms with Crippen LogP contribution in [0.25, 0.3) is 5.69 Å². The molecule has 3 heterocycles. The third kappa shape index (κ3) is 4.94. The van der Waals surface area contributed by atoms with E-state index in [1.54, 1.807) is 23.4 Å². The summed E-state index contributed by atoms with van der Waals surface area (Å²) in [4.78, 5) is 27.6. The number of hydrogen-bond donors (Lipinski definition) is 1. The molecule has 0 bridgehead atoms. The monoisotopic (exact) mass is 460 g/mol. The molecule has 31 heavy (non-hydrogen) atoms. The average Bonchev–Trinajstić information content (AvgIpc) is 3.37. The Morgan fingerprint density at radius 1 is 1.32 bits per heavy atom. The van der Waals surface area contributed by atoms with Crippen LogP contribution in [-0.4, -0.2) is 74.7 Å². The van der Waals surface area contributed by atoms with Crippen molar-refractivity contribution in [3.8, 4) is 5.69 Å². The SMILES string of the molecule is CCOC(=O)C1=C(NC(=O)CSc2nnnn2-c2ccccc2)SC2CN(C)CCC12. The van der Waals surface area contributed by atoms with Crippen molar-refractivity contribution >= 4 is 35.4 Å². The van der Waals surface area contributed by atoms with Crippen molar-refractivity contribution < 1.29 is 14.3 Å². The van der Waals surface area contributed by atoms with Crippen LogP contribution in [0.5, 0.6) is 0 Å². The molecule has 2 aromatic rings. The molecular formula is C20H24N6O3S2. The van der Waals surface area contributed by atoms with Crippen molar-refractivity contribution in [1.29, 1.82) is 0 Å². The van der Waals surface area contributed by atoms with Gasteiger partial charge in [0.15, 0.2) is 0 Å². The normalized spacial score (nSPS) is 21.1. The average molecular weight is 461 g/mol. The summed E-state index contributed by atoms with van der Waals surface area (Å²) >= 11 is 2.81. The Labute approximate surface area is 189 Å². The van der Waals surface area contributed by atoms with E-state index in [1.165, 1.54) is 11.8 Å². The molecule has 1 amide bonds. The molecule has 0 aliphatic carbocycles. The number of carbonyl (C=O) groups is 2. The molecule has 9 nitrogen and oxygen atoms in total. The number of rotatable bonds is 7. The van der Waals surface area contributed by atoms with Crippen LogP contribution < -0.4 is 5.32 Å². The number of amides is 1. The van der Waals surface area contributed by atoms with Gasteiger partial charge in [-0.2, -0.15) is 4.68 Å². The number of carbonyl (C=O) groups excluding carboxylic acids is 2. The van der Waals surface area contributed by atoms with Gasteiger partial charge in [-0.05, 0) is 49.5 Å². The molecule has 1 aromatic heterocycles. The van der Waals surface area contributed by atoms with Crippen LogP contribution in [0.1, 0.15) is 13.3 Å². The molecule has 1 fully saturated rings. The zero-order chi connectivity index (χ0) is 21.8. The van der Waals surface area contributed by atoms with Gasteiger partial charge in [-0.1, -0.05) is 30.0 Å². The second-order valence-electron chi connectivity index (χ2n) is 7.32. The molecule has 2 unspecified atom stereocenters. The first-order valence-electron chi connectivity index (χ1n) is 10.1. The number of ether oxygens (including phenoxy) is 1. The maximum absolute atomic E-state index is 12.7. The van der Waals surface area contributed by atoms with Gasteiger partial charge in [0.05, 0.1) is 28.6 Å². The summed E-state index contributed by atoms with van der Waals surface area (Å²) in [6, 6.07) is 9.50.